The first-order valence-electron chi connectivity index (χ1n) is 7.20. The lowest BCUT2D eigenvalue weighted by molar-refractivity contribution is 0.0635. The number of carbonyl (C=O) groups is 1. The number of nitrogens with one attached hydrogen (secondary N) is 2. The van der Waals surface area contributed by atoms with E-state index < -0.39 is 11.7 Å². The molecule has 0 aliphatic heterocycles. The van der Waals surface area contributed by atoms with Crippen LogP contribution in [0.1, 0.15) is 39.2 Å². The normalized spacial score (nSPS) is 16.4. The Morgan fingerprint density at radius 2 is 2.05 bits per heavy atom. The topological polar surface area (TPSA) is 50.4 Å². The zero-order valence-electron chi connectivity index (χ0n) is 13.0. The molecule has 1 aromatic rings. The molecule has 1 saturated carbocycles. The molecule has 0 radical (unpaired) electrons. The summed E-state index contributed by atoms with van der Waals surface area (Å²) in [4.78, 5) is 11.9. The van der Waals surface area contributed by atoms with E-state index in [-0.39, 0.29) is 11.4 Å². The Balaban J connectivity index is 2.13. The number of ether oxygens (including phenoxy) is 1. The number of rotatable bonds is 4. The van der Waals surface area contributed by atoms with Gasteiger partial charge in [0.05, 0.1) is 0 Å². The first kappa shape index (κ1) is 15.8. The van der Waals surface area contributed by atoms with Crippen molar-refractivity contribution in [1.29, 1.82) is 0 Å². The Kier molecular flexibility index (Phi) is 4.23. The molecule has 1 aromatic carbocycles. The minimum absolute atomic E-state index is 0.0398. The van der Waals surface area contributed by atoms with Gasteiger partial charge in [-0.1, -0.05) is 0 Å². The number of likely N-dealkylation sites (N-methyl/N-ethyl adjacent to an activating group) is 1. The van der Waals surface area contributed by atoms with Crippen molar-refractivity contribution < 1.29 is 13.9 Å². The van der Waals surface area contributed by atoms with Crippen LogP contribution in [-0.4, -0.2) is 24.3 Å². The summed E-state index contributed by atoms with van der Waals surface area (Å²) in [5, 5.41) is 5.99. The SMILES string of the molecule is CNC1(Cc2cc(F)ccc2NC(=O)OC(C)(C)C)CC1. The largest absolute Gasteiger partial charge is 0.444 e. The molecule has 1 aliphatic carbocycles. The molecule has 1 amide bonds. The highest BCUT2D eigenvalue weighted by atomic mass is 19.1. The molecule has 0 unspecified atom stereocenters. The van der Waals surface area contributed by atoms with Crippen molar-refractivity contribution in [2.75, 3.05) is 12.4 Å². The molecule has 0 aromatic heterocycles. The minimum Gasteiger partial charge on any atom is -0.444 e. The Morgan fingerprint density at radius 3 is 2.57 bits per heavy atom. The van der Waals surface area contributed by atoms with Gasteiger partial charge < -0.3 is 10.1 Å². The second-order valence-corrected chi connectivity index (χ2v) is 6.64. The Labute approximate surface area is 125 Å². The van der Waals surface area contributed by atoms with Gasteiger partial charge in [0.2, 0.25) is 0 Å². The third kappa shape index (κ3) is 4.43. The predicted octanol–water partition coefficient (Wildman–Crippen LogP) is 3.47. The third-order valence-corrected chi connectivity index (χ3v) is 3.62. The molecule has 116 valence electrons. The molecule has 1 aliphatic rings. The number of halogens is 1. The van der Waals surface area contributed by atoms with Gasteiger partial charge in [0.25, 0.3) is 0 Å². The van der Waals surface area contributed by atoms with Gasteiger partial charge in [0.1, 0.15) is 11.4 Å². The fraction of sp³-hybridized carbons (Fsp3) is 0.562. The van der Waals surface area contributed by atoms with Gasteiger partial charge in [0, 0.05) is 11.2 Å². The number of anilines is 1. The zero-order valence-corrected chi connectivity index (χ0v) is 13.0. The maximum Gasteiger partial charge on any atom is 0.412 e. The number of hydrogen-bond donors (Lipinski definition) is 2. The van der Waals surface area contributed by atoms with Gasteiger partial charge in [-0.25, -0.2) is 9.18 Å². The molecule has 4 nitrogen and oxygen atoms in total. The van der Waals surface area contributed by atoms with Crippen molar-refractivity contribution in [2.45, 2.75) is 51.2 Å². The van der Waals surface area contributed by atoms with E-state index in [1.54, 1.807) is 26.8 Å². The number of amides is 1. The molecule has 2 N–H and O–H groups in total. The average Bonchev–Trinajstić information content (AvgIpc) is 3.11. The van der Waals surface area contributed by atoms with Crippen LogP contribution >= 0.6 is 0 Å². The number of benzene rings is 1. The van der Waals surface area contributed by atoms with Crippen molar-refractivity contribution in [1.82, 2.24) is 5.32 Å². The van der Waals surface area contributed by atoms with Gasteiger partial charge >= 0.3 is 6.09 Å². The first-order chi connectivity index (χ1) is 9.73. The van der Waals surface area contributed by atoms with Crippen LogP contribution < -0.4 is 10.6 Å². The lowest BCUT2D eigenvalue weighted by atomic mass is 10.0. The van der Waals surface area contributed by atoms with E-state index in [9.17, 15) is 9.18 Å². The van der Waals surface area contributed by atoms with Gasteiger partial charge in [-0.05, 0) is 70.8 Å². The van der Waals surface area contributed by atoms with Crippen LogP contribution in [0.5, 0.6) is 0 Å². The minimum atomic E-state index is -0.563. The average molecular weight is 294 g/mol. The van der Waals surface area contributed by atoms with E-state index in [0.29, 0.717) is 12.1 Å². The summed E-state index contributed by atoms with van der Waals surface area (Å²) in [5.74, 6) is -0.299. The van der Waals surface area contributed by atoms with Crippen LogP contribution in [-0.2, 0) is 11.2 Å². The molecule has 1 fully saturated rings. The standard InChI is InChI=1S/C16H23FN2O2/c1-15(2,3)21-14(20)19-13-6-5-12(17)9-11(13)10-16(18-4)7-8-16/h5-6,9,18H,7-8,10H2,1-4H3,(H,19,20). The van der Waals surface area contributed by atoms with Gasteiger partial charge in [-0.2, -0.15) is 0 Å². The summed E-state index contributed by atoms with van der Waals surface area (Å²) in [6.07, 6.45) is 2.29. The summed E-state index contributed by atoms with van der Waals surface area (Å²) in [7, 11) is 1.91. The maximum absolute atomic E-state index is 13.5. The van der Waals surface area contributed by atoms with Gasteiger partial charge in [0.15, 0.2) is 0 Å². The Morgan fingerprint density at radius 1 is 1.38 bits per heavy atom. The van der Waals surface area contributed by atoms with E-state index in [2.05, 4.69) is 10.6 Å². The highest BCUT2D eigenvalue weighted by Crippen LogP contribution is 2.39. The fourth-order valence-electron chi connectivity index (χ4n) is 2.27. The summed E-state index contributed by atoms with van der Waals surface area (Å²) in [6, 6.07) is 4.40. The van der Waals surface area contributed by atoms with Crippen LogP contribution in [0.15, 0.2) is 18.2 Å². The van der Waals surface area contributed by atoms with Crippen LogP contribution in [0, 0.1) is 5.82 Å². The van der Waals surface area contributed by atoms with Crippen molar-refractivity contribution >= 4 is 11.8 Å². The van der Waals surface area contributed by atoms with Gasteiger partial charge in [-0.3, -0.25) is 5.32 Å². The quantitative estimate of drug-likeness (QED) is 0.894. The van der Waals surface area contributed by atoms with Crippen molar-refractivity contribution in [2.24, 2.45) is 0 Å². The molecule has 21 heavy (non-hydrogen) atoms. The number of hydrogen-bond acceptors (Lipinski definition) is 3. The fourth-order valence-corrected chi connectivity index (χ4v) is 2.27. The molecule has 5 heteroatoms. The monoisotopic (exact) mass is 294 g/mol. The van der Waals surface area contributed by atoms with Crippen molar-refractivity contribution in [3.05, 3.63) is 29.6 Å². The van der Waals surface area contributed by atoms with Crippen LogP contribution in [0.3, 0.4) is 0 Å². The number of carbonyl (C=O) groups excluding carboxylic acids is 1. The highest BCUT2D eigenvalue weighted by Gasteiger charge is 2.41. The van der Waals surface area contributed by atoms with Crippen LogP contribution in [0.25, 0.3) is 0 Å². The smallest absolute Gasteiger partial charge is 0.412 e. The predicted molar refractivity (Wildman–Crippen MR) is 81.0 cm³/mol. The Bertz CT molecular complexity index is 534. The summed E-state index contributed by atoms with van der Waals surface area (Å²) in [6.45, 7) is 5.41. The van der Waals surface area contributed by atoms with Gasteiger partial charge in [-0.15, -0.1) is 0 Å². The zero-order chi connectivity index (χ0) is 15.7. The molecular weight excluding hydrogens is 271 g/mol. The van der Waals surface area contributed by atoms with E-state index in [0.717, 1.165) is 18.4 Å². The summed E-state index contributed by atoms with van der Waals surface area (Å²) < 4.78 is 18.7. The molecule has 0 heterocycles. The molecule has 0 atom stereocenters. The molecule has 0 bridgehead atoms. The lowest BCUT2D eigenvalue weighted by Gasteiger charge is -2.21. The summed E-state index contributed by atoms with van der Waals surface area (Å²) in [5.41, 5.74) is 0.866. The van der Waals surface area contributed by atoms with Crippen LogP contribution in [0.2, 0.25) is 0 Å². The molecular formula is C16H23FN2O2. The third-order valence-electron chi connectivity index (χ3n) is 3.62. The molecule has 0 saturated heterocycles. The lowest BCUT2D eigenvalue weighted by Crippen LogP contribution is -2.31. The second-order valence-electron chi connectivity index (χ2n) is 6.64. The van der Waals surface area contributed by atoms with E-state index in [1.165, 1.54) is 12.1 Å². The second kappa shape index (κ2) is 5.64. The first-order valence-corrected chi connectivity index (χ1v) is 7.20. The molecule has 2 rings (SSSR count). The van der Waals surface area contributed by atoms with Crippen molar-refractivity contribution in [3.63, 3.8) is 0 Å². The van der Waals surface area contributed by atoms with E-state index in [1.807, 2.05) is 7.05 Å². The van der Waals surface area contributed by atoms with E-state index >= 15 is 0 Å². The van der Waals surface area contributed by atoms with Crippen LogP contribution in [0.4, 0.5) is 14.9 Å². The highest BCUT2D eigenvalue weighted by molar-refractivity contribution is 5.86. The van der Waals surface area contributed by atoms with E-state index in [4.69, 9.17) is 4.74 Å². The Hall–Kier alpha value is -1.62. The summed E-state index contributed by atoms with van der Waals surface area (Å²) >= 11 is 0. The molecule has 0 spiro atoms. The maximum atomic E-state index is 13.5. The van der Waals surface area contributed by atoms with Crippen molar-refractivity contribution in [3.8, 4) is 0 Å².